The van der Waals surface area contributed by atoms with E-state index in [1.165, 1.54) is 0 Å². The Morgan fingerprint density at radius 1 is 1.00 bits per heavy atom. The molecule has 5 rings (SSSR count). The van der Waals surface area contributed by atoms with Crippen molar-refractivity contribution >= 4 is 23.2 Å². The third kappa shape index (κ3) is 5.63. The second-order valence-electron chi connectivity index (χ2n) is 9.18. The van der Waals surface area contributed by atoms with Crippen molar-refractivity contribution in [1.82, 2.24) is 15.6 Å². The molecule has 0 spiro atoms. The normalized spacial score (nSPS) is 15.8. The number of anilines is 2. The molecular weight excluding hydrogens is 472 g/mol. The second-order valence-corrected chi connectivity index (χ2v) is 9.18. The van der Waals surface area contributed by atoms with Crippen LogP contribution < -0.4 is 15.6 Å². The van der Waals surface area contributed by atoms with Crippen molar-refractivity contribution in [3.8, 4) is 17.3 Å². The Hall–Kier alpha value is -4.20. The molecule has 10 heteroatoms. The maximum absolute atomic E-state index is 13.1. The summed E-state index contributed by atoms with van der Waals surface area (Å²) in [6.07, 6.45) is 2.20. The number of benzene rings is 2. The highest BCUT2D eigenvalue weighted by Crippen LogP contribution is 2.28. The molecule has 1 aromatic heterocycles. The van der Waals surface area contributed by atoms with Crippen LogP contribution in [-0.2, 0) is 4.74 Å². The lowest BCUT2D eigenvalue weighted by atomic mass is 10.0. The minimum atomic E-state index is -0.381. The van der Waals surface area contributed by atoms with Gasteiger partial charge in [0.1, 0.15) is 5.69 Å². The van der Waals surface area contributed by atoms with E-state index in [2.05, 4.69) is 26.9 Å². The Balaban J connectivity index is 1.32. The molecular formula is C27H28N6O4. The number of ether oxygens (including phenoxy) is 1. The van der Waals surface area contributed by atoms with Gasteiger partial charge in [-0.25, -0.2) is 5.01 Å². The lowest BCUT2D eigenvalue weighted by Gasteiger charge is -2.26. The van der Waals surface area contributed by atoms with Crippen LogP contribution in [0.15, 0.2) is 47.0 Å². The van der Waals surface area contributed by atoms with E-state index in [9.17, 15) is 14.9 Å². The van der Waals surface area contributed by atoms with Gasteiger partial charge in [-0.05, 0) is 55.7 Å². The van der Waals surface area contributed by atoms with Gasteiger partial charge in [0, 0.05) is 54.7 Å². The van der Waals surface area contributed by atoms with Crippen molar-refractivity contribution in [2.75, 3.05) is 49.6 Å². The van der Waals surface area contributed by atoms with E-state index in [4.69, 9.17) is 9.26 Å². The summed E-state index contributed by atoms with van der Waals surface area (Å²) in [5.41, 5.74) is 7.26. The van der Waals surface area contributed by atoms with Gasteiger partial charge in [0.05, 0.1) is 24.8 Å². The van der Waals surface area contributed by atoms with Crippen LogP contribution in [0.4, 0.5) is 11.4 Å². The van der Waals surface area contributed by atoms with Gasteiger partial charge in [-0.2, -0.15) is 5.26 Å². The predicted octanol–water partition coefficient (Wildman–Crippen LogP) is 3.35. The molecule has 2 fully saturated rings. The molecule has 37 heavy (non-hydrogen) atoms. The molecule has 2 saturated heterocycles. The molecule has 2 aliphatic rings. The number of aryl methyl sites for hydroxylation is 1. The van der Waals surface area contributed by atoms with Gasteiger partial charge < -0.3 is 19.5 Å². The minimum absolute atomic E-state index is 0.0955. The van der Waals surface area contributed by atoms with E-state index in [1.807, 2.05) is 25.1 Å². The summed E-state index contributed by atoms with van der Waals surface area (Å²) < 4.78 is 10.6. The number of amides is 2. The second kappa shape index (κ2) is 10.8. The van der Waals surface area contributed by atoms with Gasteiger partial charge in [-0.15, -0.1) is 0 Å². The van der Waals surface area contributed by atoms with Crippen LogP contribution in [-0.4, -0.2) is 61.4 Å². The first-order valence-electron chi connectivity index (χ1n) is 12.3. The molecule has 2 aromatic carbocycles. The monoisotopic (exact) mass is 500 g/mol. The lowest BCUT2D eigenvalue weighted by Crippen LogP contribution is -2.48. The molecule has 0 saturated carbocycles. The van der Waals surface area contributed by atoms with Crippen molar-refractivity contribution in [1.29, 1.82) is 5.26 Å². The quantitative estimate of drug-likeness (QED) is 0.528. The lowest BCUT2D eigenvalue weighted by molar-refractivity contribution is 0.0116. The van der Waals surface area contributed by atoms with E-state index in [1.54, 1.807) is 29.3 Å². The minimum Gasteiger partial charge on any atom is -0.379 e. The maximum atomic E-state index is 13.1. The highest BCUT2D eigenvalue weighted by molar-refractivity contribution is 6.05. The summed E-state index contributed by atoms with van der Waals surface area (Å²) in [6.45, 7) is 6.07. The molecule has 0 radical (unpaired) electrons. The number of aromatic nitrogens is 1. The standard InChI is InChI=1S/C27H28N6O4/c1-18-4-5-21(29-26(34)20-12-19(17-28)13-22(14-20)32-6-2-3-7-32)15-23(18)24-16-25(37-31-24)27(35)30-33-8-10-36-11-9-33/h4-5,12-16H,2-3,6-11H2,1H3,(H,29,34)(H,30,35). The number of hydrogen-bond donors (Lipinski definition) is 2. The van der Waals surface area contributed by atoms with Crippen molar-refractivity contribution in [2.24, 2.45) is 0 Å². The fraction of sp³-hybridized carbons (Fsp3) is 0.333. The van der Waals surface area contributed by atoms with Gasteiger partial charge in [-0.3, -0.25) is 15.0 Å². The Bertz CT molecular complexity index is 1350. The smallest absolute Gasteiger partial charge is 0.304 e. The van der Waals surface area contributed by atoms with Gasteiger partial charge in [0.2, 0.25) is 5.76 Å². The van der Waals surface area contributed by atoms with Gasteiger partial charge in [0.15, 0.2) is 0 Å². The third-order valence-corrected chi connectivity index (χ3v) is 6.56. The van der Waals surface area contributed by atoms with Crippen LogP contribution in [0.2, 0.25) is 0 Å². The first-order chi connectivity index (χ1) is 18.0. The van der Waals surface area contributed by atoms with Crippen molar-refractivity contribution < 1.29 is 18.8 Å². The average Bonchev–Trinajstić information content (AvgIpc) is 3.63. The number of nitriles is 1. The molecule has 10 nitrogen and oxygen atoms in total. The van der Waals surface area contributed by atoms with E-state index in [-0.39, 0.29) is 17.6 Å². The van der Waals surface area contributed by atoms with E-state index < -0.39 is 0 Å². The SMILES string of the molecule is Cc1ccc(NC(=O)c2cc(C#N)cc(N3CCCC3)c2)cc1-c1cc(C(=O)NN2CCOCC2)on1. The number of carbonyl (C=O) groups is 2. The Labute approximate surface area is 214 Å². The predicted molar refractivity (Wildman–Crippen MR) is 137 cm³/mol. The van der Waals surface area contributed by atoms with E-state index >= 15 is 0 Å². The highest BCUT2D eigenvalue weighted by atomic mass is 16.5. The van der Waals surface area contributed by atoms with Crippen molar-refractivity contribution in [3.63, 3.8) is 0 Å². The van der Waals surface area contributed by atoms with Gasteiger partial charge >= 0.3 is 5.91 Å². The number of carbonyl (C=O) groups excluding carboxylic acids is 2. The number of rotatable bonds is 6. The fourth-order valence-corrected chi connectivity index (χ4v) is 4.53. The topological polar surface area (TPSA) is 124 Å². The van der Waals surface area contributed by atoms with Crippen molar-refractivity contribution in [3.05, 3.63) is 64.9 Å². The Morgan fingerprint density at radius 2 is 1.78 bits per heavy atom. The molecule has 0 bridgehead atoms. The average molecular weight is 501 g/mol. The van der Waals surface area contributed by atoms with Crippen LogP contribution in [0.5, 0.6) is 0 Å². The van der Waals surface area contributed by atoms with Crippen LogP contribution in [0, 0.1) is 18.3 Å². The molecule has 2 amide bonds. The van der Waals surface area contributed by atoms with Crippen molar-refractivity contribution in [2.45, 2.75) is 19.8 Å². The first-order valence-corrected chi connectivity index (χ1v) is 12.3. The van der Waals surface area contributed by atoms with Gasteiger partial charge in [-0.1, -0.05) is 11.2 Å². The Kier molecular flexibility index (Phi) is 7.16. The molecule has 2 N–H and O–H groups in total. The molecule has 0 unspecified atom stereocenters. The summed E-state index contributed by atoms with van der Waals surface area (Å²) in [4.78, 5) is 27.9. The van der Waals surface area contributed by atoms with Crippen LogP contribution in [0.25, 0.3) is 11.3 Å². The van der Waals surface area contributed by atoms with Crippen LogP contribution >= 0.6 is 0 Å². The molecule has 0 aliphatic carbocycles. The number of nitrogens with one attached hydrogen (secondary N) is 2. The Morgan fingerprint density at radius 3 is 2.54 bits per heavy atom. The zero-order valence-corrected chi connectivity index (χ0v) is 20.6. The van der Waals surface area contributed by atoms with Crippen LogP contribution in [0.1, 0.15) is 44.9 Å². The number of nitrogens with zero attached hydrogens (tertiary/aromatic N) is 4. The zero-order valence-electron chi connectivity index (χ0n) is 20.6. The summed E-state index contributed by atoms with van der Waals surface area (Å²) >= 11 is 0. The molecule has 3 aromatic rings. The van der Waals surface area contributed by atoms with Crippen LogP contribution in [0.3, 0.4) is 0 Å². The van der Waals surface area contributed by atoms with Gasteiger partial charge in [0.25, 0.3) is 5.91 Å². The van der Waals surface area contributed by atoms with E-state index in [0.29, 0.717) is 48.8 Å². The molecule has 190 valence electrons. The highest BCUT2D eigenvalue weighted by Gasteiger charge is 2.20. The fourth-order valence-electron chi connectivity index (χ4n) is 4.53. The molecule has 0 atom stereocenters. The summed E-state index contributed by atoms with van der Waals surface area (Å²) in [5.74, 6) is -0.592. The number of morpholine rings is 1. The summed E-state index contributed by atoms with van der Waals surface area (Å²) in [7, 11) is 0. The number of hydrogen-bond acceptors (Lipinski definition) is 8. The van der Waals surface area contributed by atoms with E-state index in [0.717, 1.165) is 42.7 Å². The third-order valence-electron chi connectivity index (χ3n) is 6.56. The molecule has 2 aliphatic heterocycles. The molecule has 3 heterocycles. The largest absolute Gasteiger partial charge is 0.379 e. The number of hydrazine groups is 1. The summed E-state index contributed by atoms with van der Waals surface area (Å²) in [6, 6.07) is 14.5. The summed E-state index contributed by atoms with van der Waals surface area (Å²) in [5, 5.41) is 18.3. The zero-order chi connectivity index (χ0) is 25.8. The first kappa shape index (κ1) is 24.5. The maximum Gasteiger partial charge on any atom is 0.304 e.